The van der Waals surface area contributed by atoms with Crippen LogP contribution in [0.5, 0.6) is 0 Å². The van der Waals surface area contributed by atoms with E-state index in [-0.39, 0.29) is 12.0 Å². The fourth-order valence-electron chi connectivity index (χ4n) is 2.24. The van der Waals surface area contributed by atoms with Gasteiger partial charge in [0.15, 0.2) is 0 Å². The first-order valence-electron chi connectivity index (χ1n) is 6.79. The number of hydrogen-bond donors (Lipinski definition) is 1. The maximum atomic E-state index is 12.4. The van der Waals surface area contributed by atoms with Gasteiger partial charge in [0.2, 0.25) is 0 Å². The lowest BCUT2D eigenvalue weighted by Crippen LogP contribution is -2.37. The van der Waals surface area contributed by atoms with Crippen molar-refractivity contribution in [3.05, 3.63) is 23.9 Å². The SMILES string of the molecule is CCN(CC1CCCO1)C(=O)c1ccc(NC)nc1. The van der Waals surface area contributed by atoms with Gasteiger partial charge in [-0.2, -0.15) is 0 Å². The summed E-state index contributed by atoms with van der Waals surface area (Å²) >= 11 is 0. The summed E-state index contributed by atoms with van der Waals surface area (Å²) in [7, 11) is 1.81. The molecular weight excluding hydrogens is 242 g/mol. The lowest BCUT2D eigenvalue weighted by molar-refractivity contribution is 0.0539. The Balaban J connectivity index is 2.01. The average molecular weight is 263 g/mol. The molecule has 0 radical (unpaired) electrons. The Labute approximate surface area is 114 Å². The molecule has 19 heavy (non-hydrogen) atoms. The summed E-state index contributed by atoms with van der Waals surface area (Å²) < 4.78 is 5.59. The fraction of sp³-hybridized carbons (Fsp3) is 0.571. The summed E-state index contributed by atoms with van der Waals surface area (Å²) in [6.07, 6.45) is 3.94. The molecule has 1 unspecified atom stereocenters. The zero-order chi connectivity index (χ0) is 13.7. The number of carbonyl (C=O) groups is 1. The standard InChI is InChI=1S/C14H21N3O2/c1-3-17(10-12-5-4-8-19-12)14(18)11-6-7-13(15-2)16-9-11/h6-7,9,12H,3-5,8,10H2,1-2H3,(H,15,16). The third kappa shape index (κ3) is 3.44. The normalized spacial score (nSPS) is 18.3. The Bertz CT molecular complexity index is 413. The lowest BCUT2D eigenvalue weighted by Gasteiger charge is -2.24. The van der Waals surface area contributed by atoms with Crippen molar-refractivity contribution >= 4 is 11.7 Å². The largest absolute Gasteiger partial charge is 0.376 e. The van der Waals surface area contributed by atoms with Gasteiger partial charge in [0.25, 0.3) is 5.91 Å². The minimum atomic E-state index is 0.0214. The Morgan fingerprint density at radius 3 is 2.95 bits per heavy atom. The van der Waals surface area contributed by atoms with E-state index in [1.807, 2.05) is 17.9 Å². The molecule has 104 valence electrons. The van der Waals surface area contributed by atoms with Crippen LogP contribution in [0.1, 0.15) is 30.1 Å². The number of hydrogen-bond acceptors (Lipinski definition) is 4. The summed E-state index contributed by atoms with van der Waals surface area (Å²) in [5.41, 5.74) is 0.624. The first-order chi connectivity index (χ1) is 9.24. The van der Waals surface area contributed by atoms with E-state index in [4.69, 9.17) is 4.74 Å². The monoisotopic (exact) mass is 263 g/mol. The van der Waals surface area contributed by atoms with E-state index in [0.29, 0.717) is 18.7 Å². The van der Waals surface area contributed by atoms with Gasteiger partial charge in [-0.3, -0.25) is 4.79 Å². The van der Waals surface area contributed by atoms with E-state index in [1.54, 1.807) is 19.3 Å². The van der Waals surface area contributed by atoms with E-state index in [2.05, 4.69) is 10.3 Å². The van der Waals surface area contributed by atoms with Crippen molar-refractivity contribution < 1.29 is 9.53 Å². The number of ether oxygens (including phenoxy) is 1. The van der Waals surface area contributed by atoms with Crippen LogP contribution in [0.25, 0.3) is 0 Å². The number of aromatic nitrogens is 1. The molecular formula is C14H21N3O2. The summed E-state index contributed by atoms with van der Waals surface area (Å²) in [4.78, 5) is 18.4. The van der Waals surface area contributed by atoms with Gasteiger partial charge < -0.3 is 15.0 Å². The van der Waals surface area contributed by atoms with Gasteiger partial charge in [-0.05, 0) is 31.9 Å². The van der Waals surface area contributed by atoms with Gasteiger partial charge in [-0.15, -0.1) is 0 Å². The number of nitrogens with zero attached hydrogens (tertiary/aromatic N) is 2. The van der Waals surface area contributed by atoms with Crippen LogP contribution >= 0.6 is 0 Å². The first kappa shape index (κ1) is 13.8. The van der Waals surface area contributed by atoms with Crippen LogP contribution in [-0.4, -0.2) is 48.6 Å². The van der Waals surface area contributed by atoms with Crippen LogP contribution in [0.4, 0.5) is 5.82 Å². The van der Waals surface area contributed by atoms with Gasteiger partial charge in [0, 0.05) is 32.9 Å². The van der Waals surface area contributed by atoms with Crippen LogP contribution in [0.3, 0.4) is 0 Å². The molecule has 5 heteroatoms. The molecule has 2 rings (SSSR count). The third-order valence-electron chi connectivity index (χ3n) is 3.38. The molecule has 0 aliphatic carbocycles. The predicted octanol–water partition coefficient (Wildman–Crippen LogP) is 1.76. The highest BCUT2D eigenvalue weighted by atomic mass is 16.5. The van der Waals surface area contributed by atoms with E-state index in [0.717, 1.165) is 25.3 Å². The van der Waals surface area contributed by atoms with E-state index in [9.17, 15) is 4.79 Å². The number of carbonyl (C=O) groups excluding carboxylic acids is 1. The molecule has 0 aromatic carbocycles. The Morgan fingerprint density at radius 1 is 1.58 bits per heavy atom. The topological polar surface area (TPSA) is 54.5 Å². The zero-order valence-corrected chi connectivity index (χ0v) is 11.6. The van der Waals surface area contributed by atoms with Gasteiger partial charge in [-0.25, -0.2) is 4.98 Å². The third-order valence-corrected chi connectivity index (χ3v) is 3.38. The predicted molar refractivity (Wildman–Crippen MR) is 74.3 cm³/mol. The molecule has 1 amide bonds. The Kier molecular flexibility index (Phi) is 4.74. The second kappa shape index (κ2) is 6.52. The molecule has 1 N–H and O–H groups in total. The maximum absolute atomic E-state index is 12.4. The second-order valence-corrected chi connectivity index (χ2v) is 4.66. The van der Waals surface area contributed by atoms with Crippen LogP contribution in [0, 0.1) is 0 Å². The summed E-state index contributed by atoms with van der Waals surface area (Å²) in [6.45, 7) is 4.16. The molecule has 1 aliphatic rings. The van der Waals surface area contributed by atoms with Crippen molar-refractivity contribution in [2.45, 2.75) is 25.9 Å². The van der Waals surface area contributed by atoms with E-state index < -0.39 is 0 Å². The maximum Gasteiger partial charge on any atom is 0.255 e. The minimum Gasteiger partial charge on any atom is -0.376 e. The molecule has 5 nitrogen and oxygen atoms in total. The van der Waals surface area contributed by atoms with Crippen molar-refractivity contribution in [1.29, 1.82) is 0 Å². The Morgan fingerprint density at radius 2 is 2.42 bits per heavy atom. The van der Waals surface area contributed by atoms with Crippen molar-refractivity contribution in [2.24, 2.45) is 0 Å². The van der Waals surface area contributed by atoms with Crippen molar-refractivity contribution in [2.75, 3.05) is 32.1 Å². The highest BCUT2D eigenvalue weighted by molar-refractivity contribution is 5.94. The molecule has 0 spiro atoms. The molecule has 1 saturated heterocycles. The highest BCUT2D eigenvalue weighted by Gasteiger charge is 2.22. The van der Waals surface area contributed by atoms with E-state index >= 15 is 0 Å². The highest BCUT2D eigenvalue weighted by Crippen LogP contribution is 2.15. The first-order valence-corrected chi connectivity index (χ1v) is 6.79. The van der Waals surface area contributed by atoms with Crippen LogP contribution < -0.4 is 5.32 Å². The smallest absolute Gasteiger partial charge is 0.255 e. The van der Waals surface area contributed by atoms with E-state index in [1.165, 1.54) is 0 Å². The Hall–Kier alpha value is -1.62. The van der Waals surface area contributed by atoms with Crippen LogP contribution in [0.2, 0.25) is 0 Å². The number of nitrogens with one attached hydrogen (secondary N) is 1. The van der Waals surface area contributed by atoms with Crippen molar-refractivity contribution in [3.63, 3.8) is 0 Å². The molecule has 1 aromatic rings. The molecule has 0 saturated carbocycles. The van der Waals surface area contributed by atoms with Crippen molar-refractivity contribution in [3.8, 4) is 0 Å². The number of likely N-dealkylation sites (N-methyl/N-ethyl adjacent to an activating group) is 1. The quantitative estimate of drug-likeness (QED) is 0.879. The lowest BCUT2D eigenvalue weighted by atomic mass is 10.2. The molecule has 1 aliphatic heterocycles. The van der Waals surface area contributed by atoms with Crippen molar-refractivity contribution in [1.82, 2.24) is 9.88 Å². The molecule has 2 heterocycles. The van der Waals surface area contributed by atoms with Gasteiger partial charge in [-0.1, -0.05) is 0 Å². The number of rotatable bonds is 5. The minimum absolute atomic E-state index is 0.0214. The summed E-state index contributed by atoms with van der Waals surface area (Å²) in [5.74, 6) is 0.784. The van der Waals surface area contributed by atoms with Gasteiger partial charge >= 0.3 is 0 Å². The van der Waals surface area contributed by atoms with Gasteiger partial charge in [0.05, 0.1) is 11.7 Å². The van der Waals surface area contributed by atoms with Gasteiger partial charge in [0.1, 0.15) is 5.82 Å². The molecule has 1 aromatic heterocycles. The zero-order valence-electron chi connectivity index (χ0n) is 11.6. The summed E-state index contributed by atoms with van der Waals surface area (Å²) in [6, 6.07) is 3.62. The molecule has 1 atom stereocenters. The average Bonchev–Trinajstić information content (AvgIpc) is 2.97. The second-order valence-electron chi connectivity index (χ2n) is 4.66. The summed E-state index contributed by atoms with van der Waals surface area (Å²) in [5, 5.41) is 2.94. The number of amides is 1. The molecule has 0 bridgehead atoms. The number of pyridine rings is 1. The van der Waals surface area contributed by atoms with Crippen LogP contribution in [-0.2, 0) is 4.74 Å². The fourth-order valence-corrected chi connectivity index (χ4v) is 2.24. The molecule has 1 fully saturated rings. The number of anilines is 1. The van der Waals surface area contributed by atoms with Crippen LogP contribution in [0.15, 0.2) is 18.3 Å².